The number of ether oxygens (including phenoxy) is 1. The Hall–Kier alpha value is -1.96. The molecule has 2 aromatic rings. The zero-order valence-corrected chi connectivity index (χ0v) is 14.0. The standard InChI is InChI=1S/C19H24O2/c1-10-8-17(9-11(2)12(10)3)21-19-16(7)14(5)13(4)15(6)18(19)20/h8-9,20H,1-7H3. The zero-order valence-electron chi connectivity index (χ0n) is 14.0. The molecule has 0 aliphatic rings. The molecular weight excluding hydrogens is 260 g/mol. The van der Waals surface area contributed by atoms with Gasteiger partial charge in [0.05, 0.1) is 0 Å². The number of phenols is 1. The Labute approximate surface area is 127 Å². The summed E-state index contributed by atoms with van der Waals surface area (Å²) in [6.07, 6.45) is 0. The van der Waals surface area contributed by atoms with Gasteiger partial charge in [0.1, 0.15) is 5.75 Å². The van der Waals surface area contributed by atoms with Crippen LogP contribution in [0.1, 0.15) is 38.9 Å². The van der Waals surface area contributed by atoms with Gasteiger partial charge in [0, 0.05) is 0 Å². The highest BCUT2D eigenvalue weighted by Gasteiger charge is 2.17. The SMILES string of the molecule is Cc1cc(Oc2c(C)c(C)c(C)c(C)c2O)cc(C)c1C. The van der Waals surface area contributed by atoms with Crippen LogP contribution in [0.3, 0.4) is 0 Å². The van der Waals surface area contributed by atoms with E-state index in [1.54, 1.807) is 0 Å². The number of rotatable bonds is 2. The first kappa shape index (κ1) is 15.4. The molecule has 0 aliphatic heterocycles. The number of benzene rings is 2. The number of hydrogen-bond donors (Lipinski definition) is 1. The third kappa shape index (κ3) is 2.63. The van der Waals surface area contributed by atoms with Gasteiger partial charge in [-0.25, -0.2) is 0 Å². The fraction of sp³-hybridized carbons (Fsp3) is 0.368. The second-order valence-corrected chi connectivity index (χ2v) is 5.96. The smallest absolute Gasteiger partial charge is 0.172 e. The highest BCUT2D eigenvalue weighted by molar-refractivity contribution is 5.59. The van der Waals surface area contributed by atoms with Crippen molar-refractivity contribution >= 4 is 0 Å². The molecule has 2 aromatic carbocycles. The molecule has 0 saturated heterocycles. The molecule has 112 valence electrons. The van der Waals surface area contributed by atoms with Crippen LogP contribution in [-0.2, 0) is 0 Å². The minimum Gasteiger partial charge on any atom is -0.504 e. The van der Waals surface area contributed by atoms with Crippen molar-refractivity contribution in [3.63, 3.8) is 0 Å². The fourth-order valence-electron chi connectivity index (χ4n) is 2.56. The van der Waals surface area contributed by atoms with Crippen LogP contribution in [-0.4, -0.2) is 5.11 Å². The van der Waals surface area contributed by atoms with E-state index in [4.69, 9.17) is 4.74 Å². The molecule has 0 saturated carbocycles. The summed E-state index contributed by atoms with van der Waals surface area (Å²) in [5, 5.41) is 10.4. The first-order valence-electron chi connectivity index (χ1n) is 7.29. The molecule has 0 bridgehead atoms. The minimum atomic E-state index is 0.242. The van der Waals surface area contributed by atoms with Crippen molar-refractivity contribution in [3.8, 4) is 17.2 Å². The van der Waals surface area contributed by atoms with Crippen molar-refractivity contribution in [1.29, 1.82) is 0 Å². The van der Waals surface area contributed by atoms with Crippen molar-refractivity contribution < 1.29 is 9.84 Å². The summed E-state index contributed by atoms with van der Waals surface area (Å²) in [4.78, 5) is 0. The molecule has 1 N–H and O–H groups in total. The van der Waals surface area contributed by atoms with Crippen LogP contribution < -0.4 is 4.74 Å². The maximum atomic E-state index is 10.4. The molecule has 0 amide bonds. The maximum Gasteiger partial charge on any atom is 0.172 e. The van der Waals surface area contributed by atoms with E-state index in [9.17, 15) is 5.11 Å². The molecular formula is C19H24O2. The summed E-state index contributed by atoms with van der Waals surface area (Å²) in [5.74, 6) is 1.58. The lowest BCUT2D eigenvalue weighted by molar-refractivity contribution is 0.405. The first-order valence-corrected chi connectivity index (χ1v) is 7.29. The van der Waals surface area contributed by atoms with Gasteiger partial charge < -0.3 is 9.84 Å². The van der Waals surface area contributed by atoms with E-state index < -0.39 is 0 Å². The quantitative estimate of drug-likeness (QED) is 0.806. The molecule has 2 heteroatoms. The molecule has 2 nitrogen and oxygen atoms in total. The lowest BCUT2D eigenvalue weighted by Crippen LogP contribution is -1.98. The Morgan fingerprint density at radius 1 is 0.667 bits per heavy atom. The van der Waals surface area contributed by atoms with E-state index in [0.29, 0.717) is 5.75 Å². The van der Waals surface area contributed by atoms with Crippen LogP contribution >= 0.6 is 0 Å². The summed E-state index contributed by atoms with van der Waals surface area (Å²) in [6, 6.07) is 4.04. The predicted molar refractivity (Wildman–Crippen MR) is 87.8 cm³/mol. The van der Waals surface area contributed by atoms with E-state index in [1.165, 1.54) is 22.3 Å². The number of aromatic hydroxyl groups is 1. The van der Waals surface area contributed by atoms with Gasteiger partial charge >= 0.3 is 0 Å². The fourth-order valence-corrected chi connectivity index (χ4v) is 2.56. The van der Waals surface area contributed by atoms with Crippen molar-refractivity contribution in [1.82, 2.24) is 0 Å². The van der Waals surface area contributed by atoms with Crippen molar-refractivity contribution in [2.45, 2.75) is 48.5 Å². The number of hydrogen-bond acceptors (Lipinski definition) is 2. The van der Waals surface area contributed by atoms with Gasteiger partial charge in [-0.15, -0.1) is 0 Å². The van der Waals surface area contributed by atoms with Gasteiger partial charge in [0.25, 0.3) is 0 Å². The van der Waals surface area contributed by atoms with Crippen molar-refractivity contribution in [2.75, 3.05) is 0 Å². The van der Waals surface area contributed by atoms with E-state index in [0.717, 1.165) is 22.4 Å². The molecule has 0 fully saturated rings. The second-order valence-electron chi connectivity index (χ2n) is 5.96. The Kier molecular flexibility index (Phi) is 3.99. The molecule has 21 heavy (non-hydrogen) atoms. The van der Waals surface area contributed by atoms with Crippen LogP contribution in [0.15, 0.2) is 12.1 Å². The normalized spacial score (nSPS) is 10.8. The zero-order chi connectivity index (χ0) is 15.9. The van der Waals surface area contributed by atoms with E-state index >= 15 is 0 Å². The monoisotopic (exact) mass is 284 g/mol. The van der Waals surface area contributed by atoms with E-state index in [2.05, 4.69) is 27.7 Å². The first-order chi connectivity index (χ1) is 9.73. The lowest BCUT2D eigenvalue weighted by atomic mass is 9.97. The molecule has 0 heterocycles. The average Bonchev–Trinajstić information content (AvgIpc) is 2.45. The average molecular weight is 284 g/mol. The van der Waals surface area contributed by atoms with Gasteiger partial charge in [-0.05, 0) is 99.5 Å². The lowest BCUT2D eigenvalue weighted by Gasteiger charge is -2.18. The summed E-state index contributed by atoms with van der Waals surface area (Å²) in [7, 11) is 0. The highest BCUT2D eigenvalue weighted by Crippen LogP contribution is 2.41. The molecule has 0 radical (unpaired) electrons. The second kappa shape index (κ2) is 5.44. The van der Waals surface area contributed by atoms with Gasteiger partial charge in [-0.2, -0.15) is 0 Å². The van der Waals surface area contributed by atoms with Crippen molar-refractivity contribution in [2.24, 2.45) is 0 Å². The maximum absolute atomic E-state index is 10.4. The van der Waals surface area contributed by atoms with Crippen LogP contribution in [0.4, 0.5) is 0 Å². The molecule has 2 rings (SSSR count). The third-order valence-electron chi connectivity index (χ3n) is 4.72. The largest absolute Gasteiger partial charge is 0.504 e. The van der Waals surface area contributed by atoms with Gasteiger partial charge in [0.2, 0.25) is 0 Å². The molecule has 0 aliphatic carbocycles. The van der Waals surface area contributed by atoms with Gasteiger partial charge in [0.15, 0.2) is 11.5 Å². The summed E-state index contributed by atoms with van der Waals surface area (Å²) in [6.45, 7) is 14.3. The van der Waals surface area contributed by atoms with Crippen LogP contribution in [0, 0.1) is 48.5 Å². The van der Waals surface area contributed by atoms with E-state index in [-0.39, 0.29) is 5.75 Å². The topological polar surface area (TPSA) is 29.5 Å². The number of aryl methyl sites for hydroxylation is 2. The highest BCUT2D eigenvalue weighted by atomic mass is 16.5. The predicted octanol–water partition coefficient (Wildman–Crippen LogP) is 5.34. The van der Waals surface area contributed by atoms with Gasteiger partial charge in [-0.1, -0.05) is 0 Å². The van der Waals surface area contributed by atoms with Crippen molar-refractivity contribution in [3.05, 3.63) is 51.1 Å². The summed E-state index contributed by atoms with van der Waals surface area (Å²) >= 11 is 0. The van der Waals surface area contributed by atoms with E-state index in [1.807, 2.05) is 32.9 Å². The Morgan fingerprint density at radius 3 is 1.67 bits per heavy atom. The minimum absolute atomic E-state index is 0.242. The summed E-state index contributed by atoms with van der Waals surface area (Å²) in [5.41, 5.74) is 7.83. The molecule has 0 unspecified atom stereocenters. The Morgan fingerprint density at radius 2 is 1.14 bits per heavy atom. The number of phenolic OH excluding ortho intramolecular Hbond substituents is 1. The molecule has 0 spiro atoms. The van der Waals surface area contributed by atoms with Crippen LogP contribution in [0.5, 0.6) is 17.2 Å². The van der Waals surface area contributed by atoms with Gasteiger partial charge in [-0.3, -0.25) is 0 Å². The van der Waals surface area contributed by atoms with Crippen LogP contribution in [0.2, 0.25) is 0 Å². The Bertz CT molecular complexity index is 660. The Balaban J connectivity index is 2.55. The third-order valence-corrected chi connectivity index (χ3v) is 4.72. The summed E-state index contributed by atoms with van der Waals surface area (Å²) < 4.78 is 6.02. The molecule has 0 atom stereocenters. The molecule has 0 aromatic heterocycles. The van der Waals surface area contributed by atoms with Crippen LogP contribution in [0.25, 0.3) is 0 Å².